The molecule has 2 aromatic heterocycles. The zero-order valence-corrected chi connectivity index (χ0v) is 16.8. The molecule has 1 saturated heterocycles. The maximum atomic E-state index is 10.5. The fourth-order valence-corrected chi connectivity index (χ4v) is 4.09. The van der Waals surface area contributed by atoms with Crippen molar-refractivity contribution in [1.29, 1.82) is 0 Å². The molecule has 0 bridgehead atoms. The van der Waals surface area contributed by atoms with Gasteiger partial charge in [-0.1, -0.05) is 0 Å². The number of likely N-dealkylation sites (tertiary alicyclic amines) is 1. The number of aromatic hydroxyl groups is 1. The van der Waals surface area contributed by atoms with E-state index < -0.39 is 0 Å². The molecule has 8 heteroatoms. The molecule has 2 fully saturated rings. The highest BCUT2D eigenvalue weighted by molar-refractivity contribution is 5.81. The van der Waals surface area contributed by atoms with Gasteiger partial charge in [-0.15, -0.1) is 10.2 Å². The van der Waals surface area contributed by atoms with Gasteiger partial charge in [0, 0.05) is 30.1 Å². The lowest BCUT2D eigenvalue weighted by molar-refractivity contribution is 0.260. The second kappa shape index (κ2) is 7.18. The van der Waals surface area contributed by atoms with Crippen molar-refractivity contribution in [3.63, 3.8) is 0 Å². The Bertz CT molecular complexity index is 1050. The molecule has 3 aromatic rings. The van der Waals surface area contributed by atoms with E-state index in [0.29, 0.717) is 34.9 Å². The van der Waals surface area contributed by atoms with Gasteiger partial charge in [0.1, 0.15) is 17.2 Å². The first-order valence-corrected chi connectivity index (χ1v) is 10.2. The number of hydrogen-bond donors (Lipinski definition) is 2. The minimum absolute atomic E-state index is 0.115. The zero-order valence-electron chi connectivity index (χ0n) is 16.8. The summed E-state index contributed by atoms with van der Waals surface area (Å²) in [7, 11) is 3.72. The minimum Gasteiger partial charge on any atom is -0.507 e. The molecule has 1 atom stereocenters. The molecule has 5 rings (SSSR count). The van der Waals surface area contributed by atoms with E-state index in [4.69, 9.17) is 9.84 Å². The van der Waals surface area contributed by atoms with Crippen molar-refractivity contribution in [3.8, 4) is 22.8 Å². The molecule has 0 amide bonds. The number of nitrogens with zero attached hydrogens (tertiary/aromatic N) is 5. The molecule has 1 aliphatic heterocycles. The molecule has 2 aliphatic rings. The molecule has 0 radical (unpaired) electrons. The molecule has 152 valence electrons. The third kappa shape index (κ3) is 3.48. The van der Waals surface area contributed by atoms with E-state index in [1.54, 1.807) is 13.2 Å². The minimum atomic E-state index is 0.115. The van der Waals surface area contributed by atoms with Crippen molar-refractivity contribution in [3.05, 3.63) is 30.0 Å². The third-order valence-corrected chi connectivity index (χ3v) is 5.83. The number of piperidine rings is 1. The van der Waals surface area contributed by atoms with Crippen LogP contribution in [0.3, 0.4) is 0 Å². The smallest absolute Gasteiger partial charge is 0.244 e. The fourth-order valence-electron chi connectivity index (χ4n) is 4.09. The molecule has 0 spiro atoms. The van der Waals surface area contributed by atoms with Crippen LogP contribution >= 0.6 is 0 Å². The van der Waals surface area contributed by atoms with Crippen LogP contribution in [0.25, 0.3) is 16.8 Å². The highest BCUT2D eigenvalue weighted by Crippen LogP contribution is 2.41. The number of anilines is 1. The van der Waals surface area contributed by atoms with Crippen LogP contribution in [0.4, 0.5) is 5.95 Å². The summed E-state index contributed by atoms with van der Waals surface area (Å²) in [4.78, 5) is 2.33. The van der Waals surface area contributed by atoms with Gasteiger partial charge in [-0.05, 0) is 57.5 Å². The standard InChI is InChI=1S/C21H26N6O2/c1-26-9-3-4-14(12-26)22-21-24-23-20(16-8-7-15(29-2)10-19(16)28)18-11-17(13-5-6-13)25-27(18)21/h7-8,10-11,13-14,28H,3-6,9,12H2,1-2H3,(H,22,24)/t14-/m1/s1. The molecule has 1 aromatic carbocycles. The summed E-state index contributed by atoms with van der Waals surface area (Å²) in [6, 6.07) is 7.62. The summed E-state index contributed by atoms with van der Waals surface area (Å²) in [6.07, 6.45) is 4.61. The van der Waals surface area contributed by atoms with E-state index in [-0.39, 0.29) is 5.75 Å². The van der Waals surface area contributed by atoms with Crippen LogP contribution in [0, 0.1) is 0 Å². The summed E-state index contributed by atoms with van der Waals surface area (Å²) in [5, 5.41) is 27.8. The number of phenolic OH excluding ortho intramolecular Hbond substituents is 1. The van der Waals surface area contributed by atoms with E-state index in [2.05, 4.69) is 33.5 Å². The van der Waals surface area contributed by atoms with Crippen molar-refractivity contribution in [2.75, 3.05) is 32.6 Å². The number of methoxy groups -OCH3 is 1. The molecule has 0 unspecified atom stereocenters. The van der Waals surface area contributed by atoms with Crippen LogP contribution in [0.5, 0.6) is 11.5 Å². The normalized spacial score (nSPS) is 20.1. The zero-order chi connectivity index (χ0) is 20.0. The van der Waals surface area contributed by atoms with Gasteiger partial charge in [-0.3, -0.25) is 0 Å². The maximum absolute atomic E-state index is 10.5. The third-order valence-electron chi connectivity index (χ3n) is 5.83. The topological polar surface area (TPSA) is 87.8 Å². The summed E-state index contributed by atoms with van der Waals surface area (Å²) in [5.41, 5.74) is 3.16. The number of rotatable bonds is 5. The highest BCUT2D eigenvalue weighted by Gasteiger charge is 2.28. The number of ether oxygens (including phenoxy) is 1. The Morgan fingerprint density at radius 1 is 1.17 bits per heavy atom. The van der Waals surface area contributed by atoms with Crippen LogP contribution in [0.2, 0.25) is 0 Å². The van der Waals surface area contributed by atoms with Crippen molar-refractivity contribution in [2.45, 2.75) is 37.6 Å². The first-order chi connectivity index (χ1) is 14.1. The molecule has 29 heavy (non-hydrogen) atoms. The van der Waals surface area contributed by atoms with Crippen LogP contribution in [-0.2, 0) is 0 Å². The quantitative estimate of drug-likeness (QED) is 0.688. The molecule has 3 heterocycles. The van der Waals surface area contributed by atoms with Gasteiger partial charge in [-0.25, -0.2) is 0 Å². The molecule has 1 saturated carbocycles. The monoisotopic (exact) mass is 394 g/mol. The van der Waals surface area contributed by atoms with Gasteiger partial charge in [-0.2, -0.15) is 9.61 Å². The lowest BCUT2D eigenvalue weighted by atomic mass is 10.1. The van der Waals surface area contributed by atoms with Crippen LogP contribution < -0.4 is 10.1 Å². The fraction of sp³-hybridized carbons (Fsp3) is 0.476. The van der Waals surface area contributed by atoms with Crippen molar-refractivity contribution < 1.29 is 9.84 Å². The lowest BCUT2D eigenvalue weighted by Crippen LogP contribution is -2.40. The summed E-state index contributed by atoms with van der Waals surface area (Å²) in [6.45, 7) is 2.10. The van der Waals surface area contributed by atoms with E-state index >= 15 is 0 Å². The highest BCUT2D eigenvalue weighted by atomic mass is 16.5. The SMILES string of the molecule is COc1ccc(-c2nnc(N[C@@H]3CCCN(C)C3)n3nc(C4CC4)cc23)c(O)c1. The average Bonchev–Trinajstić information content (AvgIpc) is 3.47. The van der Waals surface area contributed by atoms with Crippen LogP contribution in [0.1, 0.15) is 37.3 Å². The second-order valence-electron chi connectivity index (χ2n) is 8.14. The summed E-state index contributed by atoms with van der Waals surface area (Å²) < 4.78 is 7.06. The molecule has 1 aliphatic carbocycles. The van der Waals surface area contributed by atoms with Crippen molar-refractivity contribution in [2.24, 2.45) is 0 Å². The van der Waals surface area contributed by atoms with Gasteiger partial charge in [0.25, 0.3) is 0 Å². The second-order valence-corrected chi connectivity index (χ2v) is 8.14. The van der Waals surface area contributed by atoms with Crippen molar-refractivity contribution in [1.82, 2.24) is 24.7 Å². The van der Waals surface area contributed by atoms with E-state index in [1.807, 2.05) is 16.6 Å². The van der Waals surface area contributed by atoms with E-state index in [9.17, 15) is 5.11 Å². The average molecular weight is 394 g/mol. The van der Waals surface area contributed by atoms with Gasteiger partial charge >= 0.3 is 0 Å². The van der Waals surface area contributed by atoms with Gasteiger partial charge < -0.3 is 20.1 Å². The predicted molar refractivity (Wildman–Crippen MR) is 111 cm³/mol. The first kappa shape index (κ1) is 18.2. The number of hydrogen-bond acceptors (Lipinski definition) is 7. The summed E-state index contributed by atoms with van der Waals surface area (Å²) in [5.74, 6) is 1.89. The Hall–Kier alpha value is -2.87. The molecular weight excluding hydrogens is 368 g/mol. The van der Waals surface area contributed by atoms with Crippen LogP contribution in [-0.4, -0.2) is 63.1 Å². The van der Waals surface area contributed by atoms with Gasteiger partial charge in [0.15, 0.2) is 0 Å². The number of nitrogens with one attached hydrogen (secondary N) is 1. The Kier molecular flexibility index (Phi) is 4.50. The Morgan fingerprint density at radius 3 is 2.76 bits per heavy atom. The predicted octanol–water partition coefficient (Wildman–Crippen LogP) is 2.89. The van der Waals surface area contributed by atoms with E-state index in [1.165, 1.54) is 12.8 Å². The number of likely N-dealkylation sites (N-methyl/N-ethyl adjacent to an activating group) is 1. The number of aromatic nitrogens is 4. The Balaban J connectivity index is 1.57. The lowest BCUT2D eigenvalue weighted by Gasteiger charge is -2.30. The number of phenols is 1. The first-order valence-electron chi connectivity index (χ1n) is 10.2. The maximum Gasteiger partial charge on any atom is 0.244 e. The Labute approximate surface area is 169 Å². The van der Waals surface area contributed by atoms with Gasteiger partial charge in [0.05, 0.1) is 18.3 Å². The number of fused-ring (bicyclic) bond motifs is 1. The largest absolute Gasteiger partial charge is 0.507 e. The molecule has 2 N–H and O–H groups in total. The number of benzene rings is 1. The van der Waals surface area contributed by atoms with Crippen LogP contribution in [0.15, 0.2) is 24.3 Å². The van der Waals surface area contributed by atoms with E-state index in [0.717, 1.165) is 37.1 Å². The van der Waals surface area contributed by atoms with Crippen molar-refractivity contribution >= 4 is 11.5 Å². The molecule has 8 nitrogen and oxygen atoms in total. The Morgan fingerprint density at radius 2 is 2.03 bits per heavy atom. The molecular formula is C21H26N6O2. The van der Waals surface area contributed by atoms with Gasteiger partial charge in [0.2, 0.25) is 5.95 Å². The summed E-state index contributed by atoms with van der Waals surface area (Å²) >= 11 is 0.